The van der Waals surface area contributed by atoms with E-state index in [9.17, 15) is 4.79 Å². The third-order valence-corrected chi connectivity index (χ3v) is 5.21. The van der Waals surface area contributed by atoms with Gasteiger partial charge in [0.25, 0.3) is 5.91 Å². The fourth-order valence-electron chi connectivity index (χ4n) is 3.72. The standard InChI is InChI=1S/C21H23N5O2/c1-13-20(24-25-26(13)16-7-9-17(28-2)10-8-16)21(27)23-19-5-3-4-14-12-15(22)6-11-18(14)19/h6-12,19H,3-5,22H2,1-2H3,(H,23,27). The maximum Gasteiger partial charge on any atom is 0.274 e. The predicted molar refractivity (Wildman–Crippen MR) is 107 cm³/mol. The van der Waals surface area contributed by atoms with E-state index in [-0.39, 0.29) is 11.9 Å². The molecule has 1 atom stereocenters. The zero-order valence-corrected chi connectivity index (χ0v) is 16.0. The van der Waals surface area contributed by atoms with Crippen molar-refractivity contribution in [3.8, 4) is 11.4 Å². The van der Waals surface area contributed by atoms with Gasteiger partial charge in [-0.25, -0.2) is 4.68 Å². The predicted octanol–water partition coefficient (Wildman–Crippen LogP) is 2.97. The summed E-state index contributed by atoms with van der Waals surface area (Å²) in [6.45, 7) is 1.84. The van der Waals surface area contributed by atoms with E-state index in [4.69, 9.17) is 10.5 Å². The number of anilines is 1. The molecular formula is C21H23N5O2. The lowest BCUT2D eigenvalue weighted by atomic mass is 9.87. The molecular weight excluding hydrogens is 354 g/mol. The van der Waals surface area contributed by atoms with Crippen molar-refractivity contribution < 1.29 is 9.53 Å². The molecule has 1 heterocycles. The van der Waals surface area contributed by atoms with E-state index in [1.165, 1.54) is 5.56 Å². The van der Waals surface area contributed by atoms with Crippen molar-refractivity contribution in [2.75, 3.05) is 12.8 Å². The molecule has 0 aliphatic heterocycles. The first-order valence-electron chi connectivity index (χ1n) is 9.32. The van der Waals surface area contributed by atoms with Crippen LogP contribution in [-0.2, 0) is 6.42 Å². The number of fused-ring (bicyclic) bond motifs is 1. The van der Waals surface area contributed by atoms with Crippen molar-refractivity contribution >= 4 is 11.6 Å². The number of methoxy groups -OCH3 is 1. The molecule has 1 amide bonds. The largest absolute Gasteiger partial charge is 0.497 e. The minimum atomic E-state index is -0.216. The summed E-state index contributed by atoms with van der Waals surface area (Å²) >= 11 is 0. The van der Waals surface area contributed by atoms with Gasteiger partial charge in [0.15, 0.2) is 5.69 Å². The summed E-state index contributed by atoms with van der Waals surface area (Å²) in [5.74, 6) is 0.544. The number of nitrogens with one attached hydrogen (secondary N) is 1. The quantitative estimate of drug-likeness (QED) is 0.682. The van der Waals surface area contributed by atoms with Gasteiger partial charge in [0.05, 0.1) is 24.5 Å². The smallest absolute Gasteiger partial charge is 0.274 e. The van der Waals surface area contributed by atoms with E-state index in [2.05, 4.69) is 15.6 Å². The Kier molecular flexibility index (Phi) is 4.73. The minimum absolute atomic E-state index is 0.0395. The number of hydrogen-bond acceptors (Lipinski definition) is 5. The third kappa shape index (κ3) is 3.31. The van der Waals surface area contributed by atoms with Gasteiger partial charge in [-0.05, 0) is 73.7 Å². The van der Waals surface area contributed by atoms with Crippen molar-refractivity contribution in [1.29, 1.82) is 0 Å². The van der Waals surface area contributed by atoms with E-state index in [1.807, 2.05) is 49.4 Å². The maximum absolute atomic E-state index is 12.9. The van der Waals surface area contributed by atoms with Crippen LogP contribution in [0.25, 0.3) is 5.69 Å². The van der Waals surface area contributed by atoms with Gasteiger partial charge >= 0.3 is 0 Å². The molecule has 0 saturated heterocycles. The Bertz CT molecular complexity index is 1010. The van der Waals surface area contributed by atoms with Crippen LogP contribution in [0.2, 0.25) is 0 Å². The molecule has 0 saturated carbocycles. The van der Waals surface area contributed by atoms with Gasteiger partial charge in [-0.1, -0.05) is 11.3 Å². The molecule has 1 unspecified atom stereocenters. The number of benzene rings is 2. The van der Waals surface area contributed by atoms with Gasteiger partial charge in [-0.2, -0.15) is 0 Å². The Hall–Kier alpha value is -3.35. The monoisotopic (exact) mass is 377 g/mol. The molecule has 1 aliphatic carbocycles. The highest BCUT2D eigenvalue weighted by atomic mass is 16.5. The number of aryl methyl sites for hydroxylation is 1. The number of carbonyl (C=O) groups excluding carboxylic acids is 1. The fraction of sp³-hybridized carbons (Fsp3) is 0.286. The normalized spacial score (nSPS) is 15.7. The lowest BCUT2D eigenvalue weighted by Crippen LogP contribution is -2.31. The molecule has 0 spiro atoms. The maximum atomic E-state index is 12.9. The van der Waals surface area contributed by atoms with Crippen molar-refractivity contribution in [3.05, 3.63) is 65.0 Å². The number of amides is 1. The second-order valence-corrected chi connectivity index (χ2v) is 7.01. The number of nitrogen functional groups attached to an aromatic ring is 1. The Labute approximate surface area is 163 Å². The number of nitrogens with zero attached hydrogens (tertiary/aromatic N) is 3. The summed E-state index contributed by atoms with van der Waals surface area (Å²) in [6, 6.07) is 13.3. The van der Waals surface area contributed by atoms with Crippen molar-refractivity contribution in [3.63, 3.8) is 0 Å². The molecule has 1 aromatic heterocycles. The zero-order valence-electron chi connectivity index (χ0n) is 16.0. The highest BCUT2D eigenvalue weighted by Crippen LogP contribution is 2.31. The Morgan fingerprint density at radius 1 is 1.25 bits per heavy atom. The van der Waals surface area contributed by atoms with Crippen LogP contribution in [0.1, 0.15) is 46.2 Å². The topological polar surface area (TPSA) is 95.1 Å². The van der Waals surface area contributed by atoms with Crippen LogP contribution in [0, 0.1) is 6.92 Å². The number of hydrogen-bond donors (Lipinski definition) is 2. The van der Waals surface area contributed by atoms with E-state index >= 15 is 0 Å². The van der Waals surface area contributed by atoms with Crippen molar-refractivity contribution in [2.45, 2.75) is 32.2 Å². The molecule has 0 fully saturated rings. The molecule has 3 N–H and O–H groups in total. The first-order valence-corrected chi connectivity index (χ1v) is 9.32. The van der Waals surface area contributed by atoms with Gasteiger partial charge in [0.2, 0.25) is 0 Å². The summed E-state index contributed by atoms with van der Waals surface area (Å²) < 4.78 is 6.84. The average Bonchev–Trinajstić information content (AvgIpc) is 3.09. The molecule has 1 aliphatic rings. The highest BCUT2D eigenvalue weighted by molar-refractivity contribution is 5.93. The van der Waals surface area contributed by atoms with Crippen molar-refractivity contribution in [2.24, 2.45) is 0 Å². The van der Waals surface area contributed by atoms with E-state index in [0.717, 1.165) is 42.0 Å². The molecule has 7 nitrogen and oxygen atoms in total. The first-order chi connectivity index (χ1) is 13.6. The van der Waals surface area contributed by atoms with Crippen LogP contribution < -0.4 is 15.8 Å². The van der Waals surface area contributed by atoms with Crippen molar-refractivity contribution in [1.82, 2.24) is 20.3 Å². The van der Waals surface area contributed by atoms with Gasteiger partial charge in [0.1, 0.15) is 5.75 Å². The number of nitrogens with two attached hydrogens (primary N) is 1. The molecule has 144 valence electrons. The SMILES string of the molecule is COc1ccc(-n2nnc(C(=O)NC3CCCc4cc(N)ccc43)c2C)cc1. The van der Waals surface area contributed by atoms with E-state index < -0.39 is 0 Å². The van der Waals surface area contributed by atoms with Crippen LogP contribution in [0.4, 0.5) is 5.69 Å². The van der Waals surface area contributed by atoms with Crippen LogP contribution in [0.3, 0.4) is 0 Å². The summed E-state index contributed by atoms with van der Waals surface area (Å²) in [5.41, 5.74) is 10.8. The summed E-state index contributed by atoms with van der Waals surface area (Å²) in [5, 5.41) is 11.4. The zero-order chi connectivity index (χ0) is 19.7. The van der Waals surface area contributed by atoms with Gasteiger partial charge in [0, 0.05) is 5.69 Å². The number of aromatic nitrogens is 3. The fourth-order valence-corrected chi connectivity index (χ4v) is 3.72. The molecule has 0 radical (unpaired) electrons. The van der Waals surface area contributed by atoms with Gasteiger partial charge in [-0.3, -0.25) is 4.79 Å². The Balaban J connectivity index is 1.56. The second-order valence-electron chi connectivity index (χ2n) is 7.01. The first kappa shape index (κ1) is 18.0. The number of carbonyl (C=O) groups is 1. The third-order valence-electron chi connectivity index (χ3n) is 5.21. The lowest BCUT2D eigenvalue weighted by Gasteiger charge is -2.26. The number of ether oxygens (including phenoxy) is 1. The summed E-state index contributed by atoms with van der Waals surface area (Å²) in [6.07, 6.45) is 2.90. The van der Waals surface area contributed by atoms with Crippen LogP contribution in [0.5, 0.6) is 5.75 Å². The highest BCUT2D eigenvalue weighted by Gasteiger charge is 2.25. The van der Waals surface area contributed by atoms with E-state index in [1.54, 1.807) is 11.8 Å². The molecule has 7 heteroatoms. The average molecular weight is 377 g/mol. The van der Waals surface area contributed by atoms with Crippen LogP contribution in [0.15, 0.2) is 42.5 Å². The molecule has 4 rings (SSSR count). The van der Waals surface area contributed by atoms with Crippen LogP contribution in [-0.4, -0.2) is 28.0 Å². The van der Waals surface area contributed by atoms with E-state index in [0.29, 0.717) is 11.4 Å². The molecule has 28 heavy (non-hydrogen) atoms. The molecule has 3 aromatic rings. The van der Waals surface area contributed by atoms with Crippen LogP contribution >= 0.6 is 0 Å². The molecule has 0 bridgehead atoms. The van der Waals surface area contributed by atoms with Gasteiger partial charge < -0.3 is 15.8 Å². The van der Waals surface area contributed by atoms with Gasteiger partial charge in [-0.15, -0.1) is 5.10 Å². The lowest BCUT2D eigenvalue weighted by molar-refractivity contribution is 0.0927. The summed E-state index contributed by atoms with van der Waals surface area (Å²) in [4.78, 5) is 12.9. The number of rotatable bonds is 4. The summed E-state index contributed by atoms with van der Waals surface area (Å²) in [7, 11) is 1.62. The second kappa shape index (κ2) is 7.34. The Morgan fingerprint density at radius 3 is 2.79 bits per heavy atom. The molecule has 2 aromatic carbocycles. The Morgan fingerprint density at radius 2 is 2.04 bits per heavy atom. The minimum Gasteiger partial charge on any atom is -0.497 e.